The molecule has 1 amide bonds. The number of hydrogen-bond acceptors (Lipinski definition) is 6. The molecule has 0 aliphatic heterocycles. The molecule has 0 unspecified atom stereocenters. The average molecular weight is 260 g/mol. The van der Waals surface area contributed by atoms with Crippen molar-refractivity contribution in [3.05, 3.63) is 0 Å². The molecule has 2 atom stereocenters. The van der Waals surface area contributed by atoms with E-state index in [1.807, 2.05) is 0 Å². The zero-order chi connectivity index (χ0) is 14.3. The van der Waals surface area contributed by atoms with Gasteiger partial charge in [-0.3, -0.25) is 9.59 Å². The maximum atomic E-state index is 11.7. The minimum Gasteiger partial charge on any atom is -0.469 e. The summed E-state index contributed by atoms with van der Waals surface area (Å²) in [6.07, 6.45) is -0.292. The van der Waals surface area contributed by atoms with Crippen LogP contribution in [0, 0.1) is 5.92 Å². The summed E-state index contributed by atoms with van der Waals surface area (Å²) < 4.78 is 8.93. The molecule has 0 saturated heterocycles. The molecule has 7 nitrogen and oxygen atoms in total. The van der Waals surface area contributed by atoms with Gasteiger partial charge in [-0.05, 0) is 5.92 Å². The van der Waals surface area contributed by atoms with Gasteiger partial charge in [0.25, 0.3) is 0 Å². The highest BCUT2D eigenvalue weighted by molar-refractivity contribution is 5.90. The number of nitrogens with one attached hydrogen (secondary N) is 1. The summed E-state index contributed by atoms with van der Waals surface area (Å²) in [5.41, 5.74) is 5.63. The summed E-state index contributed by atoms with van der Waals surface area (Å²) in [5, 5.41) is 2.37. The molecule has 0 aromatic carbocycles. The van der Waals surface area contributed by atoms with Crippen LogP contribution in [-0.4, -0.2) is 44.1 Å². The number of amides is 1. The first-order valence-electron chi connectivity index (χ1n) is 5.54. The van der Waals surface area contributed by atoms with Crippen molar-refractivity contribution in [2.45, 2.75) is 32.4 Å². The minimum atomic E-state index is -1.08. The SMILES string of the molecule is COC(=O)C[C@H](NC(=O)[C@H](N)C(C)C)C(=O)OC. The Hall–Kier alpha value is -1.63. The summed E-state index contributed by atoms with van der Waals surface area (Å²) in [5.74, 6) is -1.93. The Labute approximate surface area is 106 Å². The molecule has 3 N–H and O–H groups in total. The second-order valence-electron chi connectivity index (χ2n) is 4.13. The Morgan fingerprint density at radius 2 is 1.72 bits per heavy atom. The molecule has 0 aliphatic rings. The fraction of sp³-hybridized carbons (Fsp3) is 0.727. The normalized spacial score (nSPS) is 13.7. The lowest BCUT2D eigenvalue weighted by molar-refractivity contribution is -0.150. The predicted molar refractivity (Wildman–Crippen MR) is 63.4 cm³/mol. The van der Waals surface area contributed by atoms with Crippen LogP contribution in [0.15, 0.2) is 0 Å². The Balaban J connectivity index is 4.64. The van der Waals surface area contributed by atoms with Gasteiger partial charge in [-0.2, -0.15) is 0 Å². The molecule has 18 heavy (non-hydrogen) atoms. The largest absolute Gasteiger partial charge is 0.469 e. The van der Waals surface area contributed by atoms with Crippen LogP contribution >= 0.6 is 0 Å². The molecule has 0 rings (SSSR count). The molecule has 7 heteroatoms. The number of rotatable bonds is 6. The molecule has 0 aromatic rings. The molecule has 0 spiro atoms. The van der Waals surface area contributed by atoms with Crippen LogP contribution in [-0.2, 0) is 23.9 Å². The zero-order valence-corrected chi connectivity index (χ0v) is 11.1. The van der Waals surface area contributed by atoms with Gasteiger partial charge < -0.3 is 20.5 Å². The smallest absolute Gasteiger partial charge is 0.328 e. The van der Waals surface area contributed by atoms with E-state index < -0.39 is 29.9 Å². The van der Waals surface area contributed by atoms with Crippen LogP contribution in [0.1, 0.15) is 20.3 Å². The van der Waals surface area contributed by atoms with E-state index >= 15 is 0 Å². The Morgan fingerprint density at radius 3 is 2.11 bits per heavy atom. The van der Waals surface area contributed by atoms with Crippen molar-refractivity contribution in [3.63, 3.8) is 0 Å². The number of ether oxygens (including phenoxy) is 2. The lowest BCUT2D eigenvalue weighted by atomic mass is 10.0. The van der Waals surface area contributed by atoms with Gasteiger partial charge in [-0.25, -0.2) is 4.79 Å². The van der Waals surface area contributed by atoms with Crippen molar-refractivity contribution in [1.29, 1.82) is 0 Å². The van der Waals surface area contributed by atoms with Gasteiger partial charge in [-0.15, -0.1) is 0 Å². The average Bonchev–Trinajstić information content (AvgIpc) is 2.35. The Bertz CT molecular complexity index is 317. The number of esters is 2. The summed E-state index contributed by atoms with van der Waals surface area (Å²) in [6, 6.07) is -1.84. The van der Waals surface area contributed by atoms with E-state index in [9.17, 15) is 14.4 Å². The van der Waals surface area contributed by atoms with Crippen LogP contribution < -0.4 is 11.1 Å². The summed E-state index contributed by atoms with van der Waals surface area (Å²) in [4.78, 5) is 34.2. The Kier molecular flexibility index (Phi) is 6.96. The second-order valence-corrected chi connectivity index (χ2v) is 4.13. The van der Waals surface area contributed by atoms with E-state index in [-0.39, 0.29) is 12.3 Å². The van der Waals surface area contributed by atoms with Crippen molar-refractivity contribution in [1.82, 2.24) is 5.32 Å². The predicted octanol–water partition coefficient (Wildman–Crippen LogP) is -0.809. The van der Waals surface area contributed by atoms with E-state index in [2.05, 4.69) is 14.8 Å². The molecule has 104 valence electrons. The zero-order valence-electron chi connectivity index (χ0n) is 11.1. The highest BCUT2D eigenvalue weighted by Crippen LogP contribution is 2.02. The molecule has 0 heterocycles. The van der Waals surface area contributed by atoms with E-state index in [1.165, 1.54) is 14.2 Å². The summed E-state index contributed by atoms with van der Waals surface area (Å²) in [7, 11) is 2.36. The van der Waals surface area contributed by atoms with Gasteiger partial charge in [0.1, 0.15) is 6.04 Å². The van der Waals surface area contributed by atoms with Gasteiger partial charge in [0.15, 0.2) is 0 Å². The Morgan fingerprint density at radius 1 is 1.17 bits per heavy atom. The van der Waals surface area contributed by atoms with Crippen LogP contribution in [0.2, 0.25) is 0 Å². The maximum Gasteiger partial charge on any atom is 0.328 e. The van der Waals surface area contributed by atoms with Gasteiger partial charge in [0.05, 0.1) is 26.7 Å². The fourth-order valence-corrected chi connectivity index (χ4v) is 1.16. The first-order valence-corrected chi connectivity index (χ1v) is 5.54. The van der Waals surface area contributed by atoms with E-state index in [0.717, 1.165) is 0 Å². The van der Waals surface area contributed by atoms with Gasteiger partial charge in [-0.1, -0.05) is 13.8 Å². The van der Waals surface area contributed by atoms with E-state index in [4.69, 9.17) is 5.73 Å². The van der Waals surface area contributed by atoms with Crippen LogP contribution in [0.5, 0.6) is 0 Å². The molecular formula is C11H20N2O5. The van der Waals surface area contributed by atoms with Gasteiger partial charge in [0.2, 0.25) is 5.91 Å². The van der Waals surface area contributed by atoms with Crippen molar-refractivity contribution in [2.75, 3.05) is 14.2 Å². The lowest BCUT2D eigenvalue weighted by Gasteiger charge is -2.20. The third kappa shape index (κ3) is 5.13. The topological polar surface area (TPSA) is 108 Å². The van der Waals surface area contributed by atoms with Crippen LogP contribution in [0.25, 0.3) is 0 Å². The summed E-state index contributed by atoms with van der Waals surface area (Å²) >= 11 is 0. The molecule has 0 bridgehead atoms. The summed E-state index contributed by atoms with van der Waals surface area (Å²) in [6.45, 7) is 3.55. The molecule has 0 aromatic heterocycles. The monoisotopic (exact) mass is 260 g/mol. The fourth-order valence-electron chi connectivity index (χ4n) is 1.16. The molecule has 0 aliphatic carbocycles. The number of nitrogens with two attached hydrogens (primary N) is 1. The molecule has 0 saturated carbocycles. The van der Waals surface area contributed by atoms with Crippen molar-refractivity contribution in [3.8, 4) is 0 Å². The third-order valence-corrected chi connectivity index (χ3v) is 2.42. The van der Waals surface area contributed by atoms with Crippen LogP contribution in [0.4, 0.5) is 0 Å². The lowest BCUT2D eigenvalue weighted by Crippen LogP contribution is -2.51. The highest BCUT2D eigenvalue weighted by Gasteiger charge is 2.28. The standard InChI is InChI=1S/C11H20N2O5/c1-6(2)9(12)10(15)13-7(11(16)18-4)5-8(14)17-3/h6-7,9H,5,12H2,1-4H3,(H,13,15)/t7-,9+/m0/s1. The quantitative estimate of drug-likeness (QED) is 0.605. The van der Waals surface area contributed by atoms with Crippen molar-refractivity contribution < 1.29 is 23.9 Å². The molecular weight excluding hydrogens is 240 g/mol. The first kappa shape index (κ1) is 16.4. The third-order valence-electron chi connectivity index (χ3n) is 2.42. The number of methoxy groups -OCH3 is 2. The molecule has 0 radical (unpaired) electrons. The van der Waals surface area contributed by atoms with Crippen LogP contribution in [0.3, 0.4) is 0 Å². The highest BCUT2D eigenvalue weighted by atomic mass is 16.5. The van der Waals surface area contributed by atoms with Crippen molar-refractivity contribution >= 4 is 17.8 Å². The first-order chi connectivity index (χ1) is 8.33. The minimum absolute atomic E-state index is 0.0820. The molecule has 0 fully saturated rings. The maximum absolute atomic E-state index is 11.7. The van der Waals surface area contributed by atoms with Gasteiger partial charge >= 0.3 is 11.9 Å². The van der Waals surface area contributed by atoms with Gasteiger partial charge in [0, 0.05) is 0 Å². The second kappa shape index (κ2) is 7.65. The van der Waals surface area contributed by atoms with E-state index in [0.29, 0.717) is 0 Å². The van der Waals surface area contributed by atoms with E-state index in [1.54, 1.807) is 13.8 Å². The number of carbonyl (C=O) groups excluding carboxylic acids is 3. The number of hydrogen-bond donors (Lipinski definition) is 2. The number of carbonyl (C=O) groups is 3. The van der Waals surface area contributed by atoms with Crippen molar-refractivity contribution in [2.24, 2.45) is 11.7 Å².